The maximum absolute atomic E-state index is 11.5. The average molecular weight is 260 g/mol. The van der Waals surface area contributed by atoms with Crippen LogP contribution in [-0.2, 0) is 4.79 Å². The van der Waals surface area contributed by atoms with Crippen LogP contribution in [0.4, 0.5) is 5.69 Å². The molecule has 18 heavy (non-hydrogen) atoms. The average Bonchev–Trinajstić information content (AvgIpc) is 2.77. The molecular formula is C13H12N2O2S. The molecule has 1 aliphatic rings. The summed E-state index contributed by atoms with van der Waals surface area (Å²) in [5.74, 6) is 0.588. The number of hydrogen-bond acceptors (Lipinski definition) is 4. The molecule has 1 aromatic carbocycles. The third-order valence-electron chi connectivity index (χ3n) is 2.83. The van der Waals surface area contributed by atoms with Crippen LogP contribution in [-0.4, -0.2) is 17.0 Å². The van der Waals surface area contributed by atoms with E-state index in [9.17, 15) is 4.79 Å². The third kappa shape index (κ3) is 1.86. The number of fused-ring (bicyclic) bond motifs is 1. The monoisotopic (exact) mass is 260 g/mol. The van der Waals surface area contributed by atoms with Gasteiger partial charge in [0.25, 0.3) is 5.91 Å². The van der Waals surface area contributed by atoms with Gasteiger partial charge in [-0.15, -0.1) is 11.3 Å². The molecule has 3 rings (SSSR count). The molecule has 4 nitrogen and oxygen atoms in total. The molecule has 0 fully saturated rings. The summed E-state index contributed by atoms with van der Waals surface area (Å²) in [6.45, 7) is 3.71. The van der Waals surface area contributed by atoms with Crippen LogP contribution in [0.2, 0.25) is 0 Å². The summed E-state index contributed by atoms with van der Waals surface area (Å²) in [5, 5.41) is 5.86. The summed E-state index contributed by atoms with van der Waals surface area (Å²) in [5.41, 5.74) is 2.66. The van der Waals surface area contributed by atoms with E-state index in [1.54, 1.807) is 18.3 Å². The third-order valence-corrected chi connectivity index (χ3v) is 3.60. The maximum atomic E-state index is 11.5. The first-order chi connectivity index (χ1) is 8.63. The highest BCUT2D eigenvalue weighted by Gasteiger charge is 2.23. The molecule has 1 N–H and O–H groups in total. The highest BCUT2D eigenvalue weighted by atomic mass is 32.1. The van der Waals surface area contributed by atoms with Gasteiger partial charge in [0.15, 0.2) is 6.10 Å². The minimum absolute atomic E-state index is 0.111. The lowest BCUT2D eigenvalue weighted by atomic mass is 10.1. The van der Waals surface area contributed by atoms with Gasteiger partial charge in [-0.2, -0.15) is 0 Å². The van der Waals surface area contributed by atoms with Crippen molar-refractivity contribution in [2.45, 2.75) is 20.0 Å². The zero-order chi connectivity index (χ0) is 12.7. The molecule has 0 radical (unpaired) electrons. The number of amides is 1. The van der Waals surface area contributed by atoms with Gasteiger partial charge < -0.3 is 10.1 Å². The lowest BCUT2D eigenvalue weighted by Crippen LogP contribution is -2.34. The first-order valence-electron chi connectivity index (χ1n) is 5.67. The molecule has 0 saturated heterocycles. The number of carbonyl (C=O) groups is 1. The summed E-state index contributed by atoms with van der Waals surface area (Å²) < 4.78 is 5.58. The standard InChI is InChI=1S/C13H12N2O2S/c1-7-13(16)15-10-4-3-9(5-12(10)17-7)11-6-18-8(2)14-11/h3-7H,1-2H3,(H,15,16). The fraction of sp³-hybridized carbons (Fsp3) is 0.231. The summed E-state index contributed by atoms with van der Waals surface area (Å²) in [7, 11) is 0. The Morgan fingerprint density at radius 2 is 2.28 bits per heavy atom. The van der Waals surface area contributed by atoms with Crippen molar-refractivity contribution in [3.63, 3.8) is 0 Å². The predicted octanol–water partition coefficient (Wildman–Crippen LogP) is 2.84. The van der Waals surface area contributed by atoms with Crippen LogP contribution < -0.4 is 10.1 Å². The Labute approximate surface area is 109 Å². The number of aromatic nitrogens is 1. The summed E-state index contributed by atoms with van der Waals surface area (Å²) >= 11 is 1.62. The van der Waals surface area contributed by atoms with Crippen molar-refractivity contribution in [1.29, 1.82) is 0 Å². The summed E-state index contributed by atoms with van der Waals surface area (Å²) in [4.78, 5) is 15.9. The minimum atomic E-state index is -0.454. The molecule has 1 amide bonds. The predicted molar refractivity (Wildman–Crippen MR) is 71.0 cm³/mol. The largest absolute Gasteiger partial charge is 0.479 e. The molecule has 92 valence electrons. The van der Waals surface area contributed by atoms with E-state index < -0.39 is 6.10 Å². The molecule has 0 bridgehead atoms. The van der Waals surface area contributed by atoms with Gasteiger partial charge in [0.2, 0.25) is 0 Å². The normalized spacial score (nSPS) is 17.9. The van der Waals surface area contributed by atoms with Gasteiger partial charge in [-0.25, -0.2) is 4.98 Å². The Bertz CT molecular complexity index is 621. The van der Waals surface area contributed by atoms with E-state index >= 15 is 0 Å². The van der Waals surface area contributed by atoms with Gasteiger partial charge >= 0.3 is 0 Å². The molecule has 0 aliphatic carbocycles. The second-order valence-corrected chi connectivity index (χ2v) is 5.27. The maximum Gasteiger partial charge on any atom is 0.265 e. The topological polar surface area (TPSA) is 51.2 Å². The number of hydrogen-bond donors (Lipinski definition) is 1. The fourth-order valence-electron chi connectivity index (χ4n) is 1.86. The number of aryl methyl sites for hydroxylation is 1. The van der Waals surface area contributed by atoms with Gasteiger partial charge in [0.05, 0.1) is 16.4 Å². The lowest BCUT2D eigenvalue weighted by molar-refractivity contribution is -0.122. The van der Waals surface area contributed by atoms with Crippen molar-refractivity contribution in [2.24, 2.45) is 0 Å². The van der Waals surface area contributed by atoms with E-state index in [1.165, 1.54) is 0 Å². The van der Waals surface area contributed by atoms with Crippen LogP contribution in [0.25, 0.3) is 11.3 Å². The quantitative estimate of drug-likeness (QED) is 0.857. The Kier molecular flexibility index (Phi) is 2.56. The number of carbonyl (C=O) groups excluding carboxylic acids is 1. The highest BCUT2D eigenvalue weighted by Crippen LogP contribution is 2.34. The van der Waals surface area contributed by atoms with E-state index in [0.717, 1.165) is 16.3 Å². The molecule has 2 aromatic rings. The summed E-state index contributed by atoms with van der Waals surface area (Å²) in [6, 6.07) is 5.70. The van der Waals surface area contributed by atoms with Crippen LogP contribution in [0, 0.1) is 6.92 Å². The van der Waals surface area contributed by atoms with Crippen LogP contribution >= 0.6 is 11.3 Å². The van der Waals surface area contributed by atoms with E-state index in [1.807, 2.05) is 30.5 Å². The van der Waals surface area contributed by atoms with Crippen LogP contribution in [0.1, 0.15) is 11.9 Å². The number of ether oxygens (including phenoxy) is 1. The number of thiazole rings is 1. The number of rotatable bonds is 1. The Morgan fingerprint density at radius 3 is 3.00 bits per heavy atom. The molecule has 0 spiro atoms. The van der Waals surface area contributed by atoms with E-state index in [-0.39, 0.29) is 5.91 Å². The zero-order valence-corrected chi connectivity index (χ0v) is 10.9. The van der Waals surface area contributed by atoms with Gasteiger partial charge in [0, 0.05) is 10.9 Å². The van der Waals surface area contributed by atoms with Gasteiger partial charge in [-0.1, -0.05) is 6.07 Å². The van der Waals surface area contributed by atoms with Crippen molar-refractivity contribution >= 4 is 22.9 Å². The molecule has 1 aromatic heterocycles. The summed E-state index contributed by atoms with van der Waals surface area (Å²) in [6.07, 6.45) is -0.454. The lowest BCUT2D eigenvalue weighted by Gasteiger charge is -2.23. The van der Waals surface area contributed by atoms with Crippen molar-refractivity contribution < 1.29 is 9.53 Å². The molecule has 2 heterocycles. The zero-order valence-electron chi connectivity index (χ0n) is 10.1. The van der Waals surface area contributed by atoms with Crippen molar-refractivity contribution in [3.8, 4) is 17.0 Å². The van der Waals surface area contributed by atoms with Crippen LogP contribution in [0.3, 0.4) is 0 Å². The highest BCUT2D eigenvalue weighted by molar-refractivity contribution is 7.09. The SMILES string of the molecule is Cc1nc(-c2ccc3c(c2)OC(C)C(=O)N3)cs1. The Balaban J connectivity index is 2.01. The molecule has 1 unspecified atom stereocenters. The number of nitrogens with one attached hydrogen (secondary N) is 1. The molecule has 1 aliphatic heterocycles. The molecule has 0 saturated carbocycles. The smallest absolute Gasteiger partial charge is 0.265 e. The Morgan fingerprint density at radius 1 is 1.44 bits per heavy atom. The number of benzene rings is 1. The number of nitrogens with zero attached hydrogens (tertiary/aromatic N) is 1. The van der Waals surface area contributed by atoms with Crippen molar-refractivity contribution in [1.82, 2.24) is 4.98 Å². The van der Waals surface area contributed by atoms with Crippen LogP contribution in [0.5, 0.6) is 5.75 Å². The molecule has 5 heteroatoms. The van der Waals surface area contributed by atoms with Crippen molar-refractivity contribution in [3.05, 3.63) is 28.6 Å². The van der Waals surface area contributed by atoms with Gasteiger partial charge in [-0.05, 0) is 26.0 Å². The second kappa shape index (κ2) is 4.10. The van der Waals surface area contributed by atoms with E-state index in [0.29, 0.717) is 11.4 Å². The Hall–Kier alpha value is -1.88. The molecule has 1 atom stereocenters. The van der Waals surface area contributed by atoms with E-state index in [2.05, 4.69) is 10.3 Å². The second-order valence-electron chi connectivity index (χ2n) is 4.21. The first kappa shape index (κ1) is 11.2. The number of anilines is 1. The van der Waals surface area contributed by atoms with Gasteiger partial charge in [-0.3, -0.25) is 4.79 Å². The van der Waals surface area contributed by atoms with E-state index in [4.69, 9.17) is 4.74 Å². The molecular weight excluding hydrogens is 248 g/mol. The first-order valence-corrected chi connectivity index (χ1v) is 6.55. The van der Waals surface area contributed by atoms with Gasteiger partial charge in [0.1, 0.15) is 5.75 Å². The van der Waals surface area contributed by atoms with Crippen LogP contribution in [0.15, 0.2) is 23.6 Å². The minimum Gasteiger partial charge on any atom is -0.479 e. The fourth-order valence-corrected chi connectivity index (χ4v) is 2.48. The van der Waals surface area contributed by atoms with Crippen molar-refractivity contribution in [2.75, 3.05) is 5.32 Å².